The fraction of sp³-hybridized carbons (Fsp3) is 0.440. The second-order valence-electron chi connectivity index (χ2n) is 8.72. The summed E-state index contributed by atoms with van der Waals surface area (Å²) < 4.78 is 34.4. The van der Waals surface area contributed by atoms with Crippen LogP contribution in [0.25, 0.3) is 0 Å². The minimum atomic E-state index is -0.828. The first kappa shape index (κ1) is 22.3. The van der Waals surface area contributed by atoms with E-state index in [9.17, 15) is 13.6 Å². The van der Waals surface area contributed by atoms with Crippen molar-refractivity contribution < 1.29 is 18.3 Å². The summed E-state index contributed by atoms with van der Waals surface area (Å²) in [7, 11) is 0. The zero-order chi connectivity index (χ0) is 22.8. The molecule has 1 unspecified atom stereocenters. The maximum Gasteiger partial charge on any atom is 0.244 e. The molecular formula is C25H27F2N3O2S. The molecule has 3 aliphatic rings. The van der Waals surface area contributed by atoms with Crippen LogP contribution in [0.3, 0.4) is 0 Å². The Morgan fingerprint density at radius 3 is 2.79 bits per heavy atom. The molecule has 1 fully saturated rings. The number of fused-ring (bicyclic) bond motifs is 2. The molecule has 1 atom stereocenters. The van der Waals surface area contributed by atoms with Gasteiger partial charge in [-0.3, -0.25) is 4.79 Å². The van der Waals surface area contributed by atoms with E-state index in [1.807, 2.05) is 24.3 Å². The topological polar surface area (TPSA) is 45.1 Å². The Hall–Kier alpha value is -2.45. The highest BCUT2D eigenvalue weighted by molar-refractivity contribution is 8.15. The van der Waals surface area contributed by atoms with Gasteiger partial charge in [0.15, 0.2) is 0 Å². The minimum absolute atomic E-state index is 0.0759. The number of carbonyl (C=O) groups excluding carboxylic acids is 1. The third-order valence-corrected chi connectivity index (χ3v) is 7.94. The Morgan fingerprint density at radius 1 is 1.12 bits per heavy atom. The minimum Gasteiger partial charge on any atom is -0.493 e. The average Bonchev–Trinajstić information content (AvgIpc) is 3.21. The number of thioether (sulfide) groups is 1. The normalized spacial score (nSPS) is 22.7. The first-order valence-corrected chi connectivity index (χ1v) is 12.4. The van der Waals surface area contributed by atoms with Gasteiger partial charge in [0.05, 0.1) is 6.61 Å². The predicted molar refractivity (Wildman–Crippen MR) is 125 cm³/mol. The Labute approximate surface area is 196 Å². The Morgan fingerprint density at radius 2 is 1.94 bits per heavy atom. The van der Waals surface area contributed by atoms with Crippen LogP contribution in [0.15, 0.2) is 47.6 Å². The number of hydrogen-bond acceptors (Lipinski definition) is 5. The lowest BCUT2D eigenvalue weighted by Gasteiger charge is -2.39. The summed E-state index contributed by atoms with van der Waals surface area (Å²) in [6.45, 7) is 3.47. The summed E-state index contributed by atoms with van der Waals surface area (Å²) in [5.41, 5.74) is 0.910. The largest absolute Gasteiger partial charge is 0.493 e. The van der Waals surface area contributed by atoms with Crippen LogP contribution in [-0.2, 0) is 9.67 Å². The van der Waals surface area contributed by atoms with Gasteiger partial charge in [0, 0.05) is 24.0 Å². The summed E-state index contributed by atoms with van der Waals surface area (Å²) >= 11 is 1.31. The first-order chi connectivity index (χ1) is 16.1. The van der Waals surface area contributed by atoms with Gasteiger partial charge >= 0.3 is 0 Å². The number of halogens is 2. The van der Waals surface area contributed by atoms with Gasteiger partial charge in [-0.25, -0.2) is 13.8 Å². The number of ether oxygens (including phenoxy) is 1. The Balaban J connectivity index is 1.44. The molecule has 3 heterocycles. The highest BCUT2D eigenvalue weighted by Crippen LogP contribution is 2.54. The summed E-state index contributed by atoms with van der Waals surface area (Å²) in [4.78, 5) is 15.1. The molecule has 5 nitrogen and oxygen atoms in total. The number of amides is 1. The highest BCUT2D eigenvalue weighted by atomic mass is 32.2. The zero-order valence-electron chi connectivity index (χ0n) is 18.4. The summed E-state index contributed by atoms with van der Waals surface area (Å²) in [6, 6.07) is 10.9. The van der Waals surface area contributed by atoms with Crippen LogP contribution in [0.1, 0.15) is 49.7 Å². The molecule has 33 heavy (non-hydrogen) atoms. The van der Waals surface area contributed by atoms with Crippen LogP contribution in [0.4, 0.5) is 8.78 Å². The lowest BCUT2D eigenvalue weighted by atomic mass is 9.98. The van der Waals surface area contributed by atoms with Crippen LogP contribution in [0.5, 0.6) is 5.75 Å². The van der Waals surface area contributed by atoms with Crippen molar-refractivity contribution in [2.45, 2.75) is 43.4 Å². The Kier molecular flexibility index (Phi) is 6.38. The molecule has 2 aromatic rings. The van der Waals surface area contributed by atoms with E-state index in [1.165, 1.54) is 36.0 Å². The molecule has 3 aliphatic heterocycles. The highest BCUT2D eigenvalue weighted by Gasteiger charge is 2.51. The SMILES string of the molecule is O=C(CCCN1CCCCC1)N1N=C(c2cc(F)ccc2F)SC12CCOc1ccccc12. The van der Waals surface area contributed by atoms with Crippen LogP contribution >= 0.6 is 11.8 Å². The number of carbonyl (C=O) groups is 1. The maximum atomic E-state index is 14.6. The molecule has 5 rings (SSSR count). The summed E-state index contributed by atoms with van der Waals surface area (Å²) in [5, 5.41) is 6.41. The van der Waals surface area contributed by atoms with Crippen molar-refractivity contribution in [2.75, 3.05) is 26.2 Å². The lowest BCUT2D eigenvalue weighted by molar-refractivity contribution is -0.135. The number of benzene rings is 2. The molecule has 174 valence electrons. The van der Waals surface area contributed by atoms with Crippen molar-refractivity contribution >= 4 is 22.7 Å². The monoisotopic (exact) mass is 471 g/mol. The maximum absolute atomic E-state index is 14.6. The molecule has 0 radical (unpaired) electrons. The number of rotatable bonds is 5. The van der Waals surface area contributed by atoms with Crippen LogP contribution in [0.2, 0.25) is 0 Å². The molecule has 1 saturated heterocycles. The van der Waals surface area contributed by atoms with E-state index in [-0.39, 0.29) is 11.5 Å². The van der Waals surface area contributed by atoms with E-state index < -0.39 is 16.5 Å². The third kappa shape index (κ3) is 4.38. The average molecular weight is 472 g/mol. The van der Waals surface area contributed by atoms with Gasteiger partial charge in [-0.2, -0.15) is 5.10 Å². The Bertz CT molecular complexity index is 1070. The number of hydrogen-bond donors (Lipinski definition) is 0. The molecule has 1 amide bonds. The van der Waals surface area contributed by atoms with E-state index in [1.54, 1.807) is 0 Å². The van der Waals surface area contributed by atoms with Gasteiger partial charge < -0.3 is 9.64 Å². The van der Waals surface area contributed by atoms with E-state index >= 15 is 0 Å². The molecule has 1 spiro atoms. The molecule has 8 heteroatoms. The second-order valence-corrected chi connectivity index (χ2v) is 9.99. The standard InChI is InChI=1S/C25H27F2N3O2S/c26-18-10-11-21(27)19(17-18)24-28-30(23(31)9-6-15-29-13-4-1-5-14-29)25(33-24)12-16-32-22-8-3-2-7-20(22)25/h2-3,7-8,10-11,17H,1,4-6,9,12-16H2. The lowest BCUT2D eigenvalue weighted by Crippen LogP contribution is -2.44. The van der Waals surface area contributed by atoms with Gasteiger partial charge in [0.2, 0.25) is 5.91 Å². The number of para-hydroxylation sites is 1. The van der Waals surface area contributed by atoms with Crippen molar-refractivity contribution in [3.05, 3.63) is 65.2 Å². The number of likely N-dealkylation sites (tertiary alicyclic amines) is 1. The molecular weight excluding hydrogens is 444 g/mol. The van der Waals surface area contributed by atoms with Gasteiger partial charge in [0.1, 0.15) is 27.3 Å². The molecule has 0 bridgehead atoms. The predicted octanol–water partition coefficient (Wildman–Crippen LogP) is 5.10. The molecule has 2 aromatic carbocycles. The molecule has 0 aliphatic carbocycles. The van der Waals surface area contributed by atoms with Gasteiger partial charge in [-0.05, 0) is 63.2 Å². The molecule has 0 aromatic heterocycles. The van der Waals surface area contributed by atoms with Crippen molar-refractivity contribution in [1.29, 1.82) is 0 Å². The fourth-order valence-corrected chi connectivity index (χ4v) is 6.24. The molecule has 0 N–H and O–H groups in total. The van der Waals surface area contributed by atoms with Crippen molar-refractivity contribution in [3.8, 4) is 5.75 Å². The smallest absolute Gasteiger partial charge is 0.244 e. The second kappa shape index (κ2) is 9.43. The van der Waals surface area contributed by atoms with E-state index in [0.717, 1.165) is 49.8 Å². The van der Waals surface area contributed by atoms with Crippen molar-refractivity contribution in [3.63, 3.8) is 0 Å². The van der Waals surface area contributed by atoms with E-state index in [2.05, 4.69) is 10.0 Å². The summed E-state index contributed by atoms with van der Waals surface area (Å²) in [5.74, 6) is -0.512. The quantitative estimate of drug-likeness (QED) is 0.609. The van der Waals surface area contributed by atoms with Crippen LogP contribution in [-0.4, -0.2) is 47.1 Å². The van der Waals surface area contributed by atoms with Gasteiger partial charge in [0.25, 0.3) is 0 Å². The van der Waals surface area contributed by atoms with Crippen molar-refractivity contribution in [2.24, 2.45) is 5.10 Å². The number of piperidine rings is 1. The van der Waals surface area contributed by atoms with Crippen molar-refractivity contribution in [1.82, 2.24) is 9.91 Å². The zero-order valence-corrected chi connectivity index (χ0v) is 19.3. The van der Waals surface area contributed by atoms with Crippen LogP contribution < -0.4 is 4.74 Å². The van der Waals surface area contributed by atoms with Gasteiger partial charge in [-0.15, -0.1) is 0 Å². The number of nitrogens with zero attached hydrogens (tertiary/aromatic N) is 3. The molecule has 0 saturated carbocycles. The van der Waals surface area contributed by atoms with E-state index in [0.29, 0.717) is 30.2 Å². The fourth-order valence-electron chi connectivity index (χ4n) is 4.84. The first-order valence-electron chi connectivity index (χ1n) is 11.6. The van der Waals surface area contributed by atoms with Gasteiger partial charge in [-0.1, -0.05) is 36.4 Å². The van der Waals surface area contributed by atoms with E-state index in [4.69, 9.17) is 4.74 Å². The third-order valence-electron chi connectivity index (χ3n) is 6.51. The summed E-state index contributed by atoms with van der Waals surface area (Å²) in [6.07, 6.45) is 5.31. The number of hydrazone groups is 1. The van der Waals surface area contributed by atoms with Crippen LogP contribution in [0, 0.1) is 11.6 Å².